The van der Waals surface area contributed by atoms with Gasteiger partial charge in [-0.15, -0.1) is 0 Å². The van der Waals surface area contributed by atoms with E-state index in [-0.39, 0.29) is 105 Å². The van der Waals surface area contributed by atoms with E-state index in [2.05, 4.69) is 68.4 Å². The molecule has 9 fully saturated rings. The van der Waals surface area contributed by atoms with Gasteiger partial charge >= 0.3 is 0 Å². The van der Waals surface area contributed by atoms with Crippen LogP contribution >= 0.6 is 0 Å². The van der Waals surface area contributed by atoms with E-state index in [9.17, 15) is 14.4 Å². The van der Waals surface area contributed by atoms with E-state index in [0.29, 0.717) is 36.9 Å². The first-order valence-electron chi connectivity index (χ1n) is 29.1. The van der Waals surface area contributed by atoms with Crippen molar-refractivity contribution in [2.45, 2.75) is 216 Å². The van der Waals surface area contributed by atoms with Crippen molar-refractivity contribution in [1.29, 1.82) is 0 Å². The zero-order chi connectivity index (χ0) is 57.2. The third-order valence-corrected chi connectivity index (χ3v) is 19.2. The Labute approximate surface area is 464 Å². The molecule has 3 amide bonds. The van der Waals surface area contributed by atoms with E-state index in [1.54, 1.807) is 56.2 Å². The normalized spacial score (nSPS) is 41.1. The molecule has 16 heteroatoms. The molecule has 9 aliphatic rings. The number of hydrogen-bond donors (Lipinski definition) is 1. The van der Waals surface area contributed by atoms with Crippen molar-refractivity contribution >= 4 is 17.7 Å². The molecule has 0 aromatic carbocycles. The number of hydrogen-bond acceptors (Lipinski definition) is 13. The number of carbonyl (C=O) groups excluding carboxylic acids is 3. The average Bonchev–Trinajstić information content (AvgIpc) is 4.10. The van der Waals surface area contributed by atoms with Gasteiger partial charge in [0.25, 0.3) is 0 Å². The van der Waals surface area contributed by atoms with Gasteiger partial charge in [-0.05, 0) is 134 Å². The third-order valence-electron chi connectivity index (χ3n) is 19.2. The Bertz CT molecular complexity index is 1970. The Morgan fingerprint density at radius 2 is 1.00 bits per heavy atom. The number of carbonyl (C=O) groups is 3. The molecular weight excluding hydrogens is 983 g/mol. The van der Waals surface area contributed by atoms with Gasteiger partial charge in [-0.3, -0.25) is 14.4 Å². The van der Waals surface area contributed by atoms with Gasteiger partial charge in [0.05, 0.1) is 73.6 Å². The molecule has 6 heterocycles. The van der Waals surface area contributed by atoms with E-state index < -0.39 is 0 Å². The van der Waals surface area contributed by atoms with Gasteiger partial charge in [-0.1, -0.05) is 39.3 Å². The first kappa shape index (κ1) is 63.7. The van der Waals surface area contributed by atoms with Crippen LogP contribution in [0.25, 0.3) is 0 Å². The SMILES string of the molecule is CO.CO[C@@H]1C(=CC(=O)N(C)C)CC[C@]2(CO2)[C@H]1[C@@]1(C)O[C@@H]1CC=C(C)C.CO[C@@H]1C(CC(=O)N(C)C)CC[C@]2(CO2)[C@H]1[C@@]1(C)O[C@@H]1CCC(C)C.CO[C@@H]1C(CC(=O)N(C)C)CC[C@]2(CO2)[C@H]1[C@@]1(C)O[C@@H]1CCC(C)C. The van der Waals surface area contributed by atoms with Crippen LogP contribution in [0.2, 0.25) is 0 Å². The van der Waals surface area contributed by atoms with Crippen molar-refractivity contribution in [3.8, 4) is 0 Å². The highest BCUT2D eigenvalue weighted by Gasteiger charge is 2.74. The van der Waals surface area contributed by atoms with E-state index in [0.717, 1.165) is 90.3 Å². The summed E-state index contributed by atoms with van der Waals surface area (Å²) in [6, 6.07) is 0. The molecule has 1 N–H and O–H groups in total. The molecule has 6 saturated heterocycles. The lowest BCUT2D eigenvalue weighted by atomic mass is 9.64. The molecule has 16 nitrogen and oxygen atoms in total. The lowest BCUT2D eigenvalue weighted by molar-refractivity contribution is -0.135. The molecular formula is C61H105N3O13. The smallest absolute Gasteiger partial charge is 0.246 e. The molecule has 3 saturated carbocycles. The molecule has 442 valence electrons. The molecule has 77 heavy (non-hydrogen) atoms. The van der Waals surface area contributed by atoms with E-state index in [1.807, 2.05) is 28.2 Å². The summed E-state index contributed by atoms with van der Waals surface area (Å²) in [7, 11) is 17.1. The predicted molar refractivity (Wildman–Crippen MR) is 297 cm³/mol. The van der Waals surface area contributed by atoms with Crippen LogP contribution in [0.3, 0.4) is 0 Å². The zero-order valence-electron chi connectivity index (χ0n) is 51.2. The highest BCUT2D eigenvalue weighted by atomic mass is 16.6. The van der Waals surface area contributed by atoms with Crippen LogP contribution in [0.1, 0.15) is 146 Å². The van der Waals surface area contributed by atoms with Gasteiger partial charge in [0.1, 0.15) is 22.4 Å². The minimum absolute atomic E-state index is 0.00595. The number of amides is 3. The summed E-state index contributed by atoms with van der Waals surface area (Å²) in [6.45, 7) is 22.3. The van der Waals surface area contributed by atoms with Crippen LogP contribution in [0, 0.1) is 41.4 Å². The number of aliphatic hydroxyl groups excluding tert-OH is 1. The fourth-order valence-electron chi connectivity index (χ4n) is 14.1. The lowest BCUT2D eigenvalue weighted by Crippen LogP contribution is -2.53. The summed E-state index contributed by atoms with van der Waals surface area (Å²) in [6.07, 6.45) is 17.0. The van der Waals surface area contributed by atoms with Gasteiger partial charge < -0.3 is 62.4 Å². The second-order valence-electron chi connectivity index (χ2n) is 26.4. The number of epoxide rings is 6. The minimum atomic E-state index is -0.260. The number of nitrogens with zero attached hydrogens (tertiary/aromatic N) is 3. The number of allylic oxidation sites excluding steroid dienone is 1. The highest BCUT2D eigenvalue weighted by Crippen LogP contribution is 2.63. The molecule has 3 spiro atoms. The fourth-order valence-corrected chi connectivity index (χ4v) is 14.1. The summed E-state index contributed by atoms with van der Waals surface area (Å²) < 4.78 is 54.4. The van der Waals surface area contributed by atoms with Gasteiger partial charge in [0, 0.05) is 101 Å². The third kappa shape index (κ3) is 14.2. The topological polar surface area (TPSA) is 184 Å². The maximum absolute atomic E-state index is 12.3. The maximum Gasteiger partial charge on any atom is 0.246 e. The lowest BCUT2D eigenvalue weighted by Gasteiger charge is -2.43. The molecule has 2 unspecified atom stereocenters. The summed E-state index contributed by atoms with van der Waals surface area (Å²) >= 11 is 0. The Kier molecular flexibility index (Phi) is 20.9. The van der Waals surface area contributed by atoms with Crippen molar-refractivity contribution < 1.29 is 62.1 Å². The zero-order valence-corrected chi connectivity index (χ0v) is 51.2. The molecule has 17 atom stereocenters. The standard InChI is InChI=1S/2C20H35NO4.C20H31NO4.CH4O/c3*1-13(2)7-8-15-19(3,25-15)18-17(23-6)14(11-16(22)21(4)5)9-10-20(18)12-24-20;1-2/h2*13-15,17-18H,7-12H2,1-6H3;7,11,15,17-18H,8-10,12H2,1-6H3;2H,1H3/t2*14?,15-,17-,18-,19+,20+;15-,17-,18-,19+,20+;/m111./s1. The Balaban J connectivity index is 0.000000184. The van der Waals surface area contributed by atoms with Gasteiger partial charge in [-0.2, -0.15) is 0 Å². The van der Waals surface area contributed by atoms with Crippen LogP contribution < -0.4 is 0 Å². The van der Waals surface area contributed by atoms with Crippen molar-refractivity contribution in [1.82, 2.24) is 14.7 Å². The number of aliphatic hydroxyl groups is 1. The molecule has 3 aliphatic carbocycles. The molecule has 6 aliphatic heterocycles. The second-order valence-corrected chi connectivity index (χ2v) is 26.4. The maximum atomic E-state index is 12.3. The van der Waals surface area contributed by atoms with Gasteiger partial charge in [-0.25, -0.2) is 0 Å². The summed E-state index contributed by atoms with van der Waals surface area (Å²) in [5.41, 5.74) is 1.44. The quantitative estimate of drug-likeness (QED) is 0.0746. The molecule has 0 aromatic rings. The van der Waals surface area contributed by atoms with Crippen LogP contribution in [0.5, 0.6) is 0 Å². The van der Waals surface area contributed by atoms with Crippen molar-refractivity contribution in [2.75, 3.05) is 90.5 Å². The summed E-state index contributed by atoms with van der Waals surface area (Å²) in [4.78, 5) is 41.7. The Morgan fingerprint density at radius 3 is 1.34 bits per heavy atom. The Morgan fingerprint density at radius 1 is 0.610 bits per heavy atom. The number of rotatable bonds is 19. The van der Waals surface area contributed by atoms with Crippen LogP contribution in [0.4, 0.5) is 0 Å². The first-order valence-corrected chi connectivity index (χ1v) is 29.1. The molecule has 9 rings (SSSR count). The van der Waals surface area contributed by atoms with Crippen molar-refractivity contribution in [3.63, 3.8) is 0 Å². The predicted octanol–water partition coefficient (Wildman–Crippen LogP) is 8.05. The molecule has 0 radical (unpaired) electrons. The van der Waals surface area contributed by atoms with E-state index >= 15 is 0 Å². The average molecular weight is 1090 g/mol. The number of likely N-dealkylation sites (N-methyl/N-ethyl adjacent to an activating group) is 1. The molecule has 0 aromatic heterocycles. The van der Waals surface area contributed by atoms with Crippen molar-refractivity contribution in [2.24, 2.45) is 41.4 Å². The molecule has 0 bridgehead atoms. The summed E-state index contributed by atoms with van der Waals surface area (Å²) in [5, 5.41) is 7.00. The Hall–Kier alpha value is -2.51. The summed E-state index contributed by atoms with van der Waals surface area (Å²) in [5.74, 6) is 2.78. The van der Waals surface area contributed by atoms with Crippen LogP contribution in [-0.2, 0) is 57.0 Å². The first-order chi connectivity index (χ1) is 36.2. The number of ether oxygens (including phenoxy) is 9. The monoisotopic (exact) mass is 1090 g/mol. The van der Waals surface area contributed by atoms with Crippen molar-refractivity contribution in [3.05, 3.63) is 23.3 Å². The van der Waals surface area contributed by atoms with E-state index in [4.69, 9.17) is 47.7 Å². The second kappa shape index (κ2) is 25.3. The van der Waals surface area contributed by atoms with E-state index in [1.165, 1.54) is 18.4 Å². The van der Waals surface area contributed by atoms with Crippen LogP contribution in [-0.4, -0.2) is 198 Å². The largest absolute Gasteiger partial charge is 0.400 e. The van der Waals surface area contributed by atoms with Crippen LogP contribution in [0.15, 0.2) is 23.3 Å². The van der Waals surface area contributed by atoms with Gasteiger partial charge in [0.15, 0.2) is 0 Å². The number of methoxy groups -OCH3 is 3. The minimum Gasteiger partial charge on any atom is -0.400 e. The van der Waals surface area contributed by atoms with Gasteiger partial charge in [0.2, 0.25) is 17.7 Å². The highest BCUT2D eigenvalue weighted by molar-refractivity contribution is 5.88. The fraction of sp³-hybridized carbons (Fsp3) is 0.885.